The number of nitrogens with zero attached hydrogens (tertiary/aromatic N) is 2. The molecule has 0 aliphatic heterocycles. The standard InChI is InChI=1S/C18H18N2/c1-4-6-15(7-5-2)17-12-13-18(20-19-17)16-10-8-14(3)9-11-16/h4-13H,1H2,2-3H3/b7-5-,15-6+. The minimum atomic E-state index is 0.846. The maximum atomic E-state index is 4.30. The monoisotopic (exact) mass is 262 g/mol. The van der Waals surface area contributed by atoms with Crippen LogP contribution in [0.3, 0.4) is 0 Å². The number of hydrogen-bond acceptors (Lipinski definition) is 2. The minimum Gasteiger partial charge on any atom is -0.150 e. The van der Waals surface area contributed by atoms with E-state index in [0.29, 0.717) is 0 Å². The molecule has 100 valence electrons. The van der Waals surface area contributed by atoms with E-state index in [1.807, 2.05) is 37.3 Å². The van der Waals surface area contributed by atoms with Gasteiger partial charge in [-0.1, -0.05) is 60.7 Å². The van der Waals surface area contributed by atoms with Crippen molar-refractivity contribution in [2.24, 2.45) is 0 Å². The van der Waals surface area contributed by atoms with Crippen LogP contribution in [0.15, 0.2) is 67.3 Å². The normalized spacial score (nSPS) is 11.8. The van der Waals surface area contributed by atoms with Gasteiger partial charge >= 0.3 is 0 Å². The Kier molecular flexibility index (Phi) is 4.61. The summed E-state index contributed by atoms with van der Waals surface area (Å²) in [5, 5.41) is 8.60. The van der Waals surface area contributed by atoms with E-state index in [-0.39, 0.29) is 0 Å². The lowest BCUT2D eigenvalue weighted by Gasteiger charge is -2.03. The van der Waals surface area contributed by atoms with Crippen molar-refractivity contribution in [1.82, 2.24) is 10.2 Å². The van der Waals surface area contributed by atoms with Crippen LogP contribution < -0.4 is 0 Å². The van der Waals surface area contributed by atoms with Crippen molar-refractivity contribution in [2.75, 3.05) is 0 Å². The molecule has 20 heavy (non-hydrogen) atoms. The maximum absolute atomic E-state index is 4.30. The Morgan fingerprint density at radius 3 is 2.35 bits per heavy atom. The minimum absolute atomic E-state index is 0.846. The fourth-order valence-electron chi connectivity index (χ4n) is 1.90. The van der Waals surface area contributed by atoms with Gasteiger partial charge in [0, 0.05) is 11.1 Å². The Bertz CT molecular complexity index is 632. The lowest BCUT2D eigenvalue weighted by Crippen LogP contribution is -1.93. The van der Waals surface area contributed by atoms with Gasteiger partial charge in [-0.2, -0.15) is 0 Å². The highest BCUT2D eigenvalue weighted by molar-refractivity contribution is 5.73. The summed E-state index contributed by atoms with van der Waals surface area (Å²) in [7, 11) is 0. The summed E-state index contributed by atoms with van der Waals surface area (Å²) in [6, 6.07) is 12.3. The Labute approximate surface area is 120 Å². The van der Waals surface area contributed by atoms with Gasteiger partial charge in [0.2, 0.25) is 0 Å². The molecule has 1 aromatic heterocycles. The Hall–Kier alpha value is -2.48. The van der Waals surface area contributed by atoms with Gasteiger partial charge in [0.1, 0.15) is 0 Å². The van der Waals surface area contributed by atoms with E-state index in [1.165, 1.54) is 5.56 Å². The molecule has 0 saturated heterocycles. The molecule has 0 unspecified atom stereocenters. The van der Waals surface area contributed by atoms with Crippen molar-refractivity contribution >= 4 is 5.57 Å². The van der Waals surface area contributed by atoms with Crippen LogP contribution in [0.5, 0.6) is 0 Å². The Morgan fingerprint density at radius 2 is 1.80 bits per heavy atom. The van der Waals surface area contributed by atoms with E-state index in [9.17, 15) is 0 Å². The molecule has 0 fully saturated rings. The molecule has 1 aromatic carbocycles. The molecule has 0 aliphatic rings. The zero-order valence-electron chi connectivity index (χ0n) is 11.9. The van der Waals surface area contributed by atoms with Crippen LogP contribution in [0.25, 0.3) is 16.8 Å². The van der Waals surface area contributed by atoms with E-state index >= 15 is 0 Å². The second-order valence-corrected chi connectivity index (χ2v) is 4.53. The molecule has 0 radical (unpaired) electrons. The third-order valence-corrected chi connectivity index (χ3v) is 2.95. The predicted octanol–water partition coefficient (Wildman–Crippen LogP) is 4.60. The second kappa shape index (κ2) is 6.62. The van der Waals surface area contributed by atoms with Gasteiger partial charge in [-0.15, -0.1) is 10.2 Å². The van der Waals surface area contributed by atoms with E-state index in [4.69, 9.17) is 0 Å². The molecular weight excluding hydrogens is 244 g/mol. The van der Waals surface area contributed by atoms with Gasteiger partial charge in [-0.25, -0.2) is 0 Å². The van der Waals surface area contributed by atoms with Crippen LogP contribution in [0.2, 0.25) is 0 Å². The number of benzene rings is 1. The third-order valence-electron chi connectivity index (χ3n) is 2.95. The van der Waals surface area contributed by atoms with Crippen molar-refractivity contribution in [2.45, 2.75) is 13.8 Å². The number of allylic oxidation sites excluding steroid dienone is 5. The van der Waals surface area contributed by atoms with Gasteiger partial charge in [-0.3, -0.25) is 0 Å². The van der Waals surface area contributed by atoms with Crippen molar-refractivity contribution in [3.05, 3.63) is 78.5 Å². The van der Waals surface area contributed by atoms with Crippen molar-refractivity contribution in [3.63, 3.8) is 0 Å². The van der Waals surface area contributed by atoms with Crippen LogP contribution >= 0.6 is 0 Å². The number of aryl methyl sites for hydroxylation is 1. The van der Waals surface area contributed by atoms with E-state index in [1.54, 1.807) is 6.08 Å². The molecule has 0 bridgehead atoms. The topological polar surface area (TPSA) is 25.8 Å². The number of aromatic nitrogens is 2. The quantitative estimate of drug-likeness (QED) is 0.753. The van der Waals surface area contributed by atoms with E-state index in [2.05, 4.69) is 48.0 Å². The van der Waals surface area contributed by atoms with Crippen LogP contribution in [0.1, 0.15) is 18.2 Å². The maximum Gasteiger partial charge on any atom is 0.0930 e. The van der Waals surface area contributed by atoms with Gasteiger partial charge in [0.05, 0.1) is 11.4 Å². The molecule has 2 rings (SSSR count). The highest BCUT2D eigenvalue weighted by Crippen LogP contribution is 2.19. The fourth-order valence-corrected chi connectivity index (χ4v) is 1.90. The second-order valence-electron chi connectivity index (χ2n) is 4.53. The first kappa shape index (κ1) is 13.9. The Morgan fingerprint density at radius 1 is 1.05 bits per heavy atom. The molecule has 0 atom stereocenters. The van der Waals surface area contributed by atoms with Gasteiger partial charge in [0.15, 0.2) is 0 Å². The number of hydrogen-bond donors (Lipinski definition) is 0. The zero-order chi connectivity index (χ0) is 14.4. The predicted molar refractivity (Wildman–Crippen MR) is 85.2 cm³/mol. The summed E-state index contributed by atoms with van der Waals surface area (Å²) in [5.74, 6) is 0. The molecular formula is C18H18N2. The first-order valence-electron chi connectivity index (χ1n) is 6.61. The summed E-state index contributed by atoms with van der Waals surface area (Å²) in [5.41, 5.74) is 5.05. The van der Waals surface area contributed by atoms with Gasteiger partial charge < -0.3 is 0 Å². The van der Waals surface area contributed by atoms with E-state index in [0.717, 1.165) is 22.5 Å². The summed E-state index contributed by atoms with van der Waals surface area (Å²) >= 11 is 0. The van der Waals surface area contributed by atoms with Crippen LogP contribution in [0, 0.1) is 6.92 Å². The van der Waals surface area contributed by atoms with Crippen molar-refractivity contribution in [3.8, 4) is 11.3 Å². The average molecular weight is 262 g/mol. The summed E-state index contributed by atoms with van der Waals surface area (Å²) < 4.78 is 0. The summed E-state index contributed by atoms with van der Waals surface area (Å²) in [6.07, 6.45) is 7.66. The fraction of sp³-hybridized carbons (Fsp3) is 0.111. The lowest BCUT2D eigenvalue weighted by molar-refractivity contribution is 1.02. The zero-order valence-corrected chi connectivity index (χ0v) is 11.9. The largest absolute Gasteiger partial charge is 0.150 e. The molecule has 2 nitrogen and oxygen atoms in total. The van der Waals surface area contributed by atoms with Crippen LogP contribution in [-0.2, 0) is 0 Å². The van der Waals surface area contributed by atoms with Gasteiger partial charge in [0.25, 0.3) is 0 Å². The van der Waals surface area contributed by atoms with Crippen molar-refractivity contribution in [1.29, 1.82) is 0 Å². The molecule has 2 heteroatoms. The molecule has 2 aromatic rings. The molecule has 0 amide bonds. The SMILES string of the molecule is C=C/C=C(\C=C/C)c1ccc(-c2ccc(C)cc2)nn1. The first-order valence-corrected chi connectivity index (χ1v) is 6.61. The smallest absolute Gasteiger partial charge is 0.0930 e. The Balaban J connectivity index is 2.32. The average Bonchev–Trinajstić information content (AvgIpc) is 2.48. The van der Waals surface area contributed by atoms with Gasteiger partial charge in [-0.05, 0) is 26.0 Å². The molecule has 1 heterocycles. The highest BCUT2D eigenvalue weighted by Gasteiger charge is 2.03. The molecule has 0 N–H and O–H groups in total. The molecule has 0 aliphatic carbocycles. The first-order chi connectivity index (χ1) is 9.74. The van der Waals surface area contributed by atoms with Crippen LogP contribution in [0.4, 0.5) is 0 Å². The summed E-state index contributed by atoms with van der Waals surface area (Å²) in [4.78, 5) is 0. The van der Waals surface area contributed by atoms with Crippen molar-refractivity contribution < 1.29 is 0 Å². The summed E-state index contributed by atoms with van der Waals surface area (Å²) in [6.45, 7) is 7.77. The lowest BCUT2D eigenvalue weighted by atomic mass is 10.1. The number of rotatable bonds is 4. The van der Waals surface area contributed by atoms with Crippen LogP contribution in [-0.4, -0.2) is 10.2 Å². The third kappa shape index (κ3) is 3.29. The van der Waals surface area contributed by atoms with E-state index < -0.39 is 0 Å². The highest BCUT2D eigenvalue weighted by atomic mass is 15.1. The molecule has 0 spiro atoms. The molecule has 0 saturated carbocycles.